The van der Waals surface area contributed by atoms with Gasteiger partial charge in [0.05, 0.1) is 5.56 Å². The summed E-state index contributed by atoms with van der Waals surface area (Å²) in [4.78, 5) is 11.2. The average molecular weight is 241 g/mol. The summed E-state index contributed by atoms with van der Waals surface area (Å²) in [5.74, 6) is -0.997. The van der Waals surface area contributed by atoms with Gasteiger partial charge in [-0.3, -0.25) is 0 Å². The van der Waals surface area contributed by atoms with Crippen LogP contribution in [0.4, 0.5) is 5.69 Å². The van der Waals surface area contributed by atoms with E-state index in [0.29, 0.717) is 22.4 Å². The molecule has 1 aliphatic rings. The first-order valence-corrected chi connectivity index (χ1v) is 5.53. The smallest absolute Gasteiger partial charge is 0.336 e. The van der Waals surface area contributed by atoms with Gasteiger partial charge in [-0.1, -0.05) is 18.2 Å². The SMILES string of the molecule is Nc1ccc2c(c1)C(O)c1cccc(C(=O)O)c1-2. The molecule has 90 valence electrons. The zero-order chi connectivity index (χ0) is 12.9. The molecule has 2 aromatic carbocycles. The first-order valence-electron chi connectivity index (χ1n) is 5.53. The van der Waals surface area contributed by atoms with Crippen LogP contribution in [0, 0.1) is 0 Å². The van der Waals surface area contributed by atoms with Gasteiger partial charge < -0.3 is 15.9 Å². The number of rotatable bonds is 1. The molecule has 0 saturated carbocycles. The Labute approximate surface area is 103 Å². The summed E-state index contributed by atoms with van der Waals surface area (Å²) in [7, 11) is 0. The second-order valence-corrected chi connectivity index (χ2v) is 4.32. The summed E-state index contributed by atoms with van der Waals surface area (Å²) < 4.78 is 0. The van der Waals surface area contributed by atoms with Crippen LogP contribution in [0.2, 0.25) is 0 Å². The van der Waals surface area contributed by atoms with E-state index in [1.807, 2.05) is 0 Å². The summed E-state index contributed by atoms with van der Waals surface area (Å²) in [6, 6.07) is 10.1. The molecule has 0 bridgehead atoms. The van der Waals surface area contributed by atoms with E-state index in [9.17, 15) is 15.0 Å². The number of aliphatic hydroxyl groups is 1. The van der Waals surface area contributed by atoms with Crippen molar-refractivity contribution >= 4 is 11.7 Å². The molecule has 0 heterocycles. The minimum absolute atomic E-state index is 0.204. The maximum atomic E-state index is 11.2. The van der Waals surface area contributed by atoms with Crippen molar-refractivity contribution in [3.05, 3.63) is 53.1 Å². The van der Waals surface area contributed by atoms with Gasteiger partial charge in [-0.25, -0.2) is 4.79 Å². The number of carboxylic acids is 1. The molecule has 1 atom stereocenters. The van der Waals surface area contributed by atoms with Gasteiger partial charge in [-0.15, -0.1) is 0 Å². The number of hydrogen-bond donors (Lipinski definition) is 3. The molecule has 4 nitrogen and oxygen atoms in total. The number of aliphatic hydroxyl groups excluding tert-OH is 1. The molecule has 0 amide bonds. The third-order valence-electron chi connectivity index (χ3n) is 3.26. The largest absolute Gasteiger partial charge is 0.478 e. The van der Waals surface area contributed by atoms with E-state index in [1.165, 1.54) is 0 Å². The lowest BCUT2D eigenvalue weighted by Gasteiger charge is -2.06. The van der Waals surface area contributed by atoms with Crippen molar-refractivity contribution in [2.24, 2.45) is 0 Å². The standard InChI is InChI=1S/C14H11NO3/c15-7-4-5-8-11(6-7)13(16)9-2-1-3-10(12(8)9)14(17)18/h1-6,13,16H,15H2,(H,17,18). The molecule has 0 saturated heterocycles. The Morgan fingerprint density at radius 2 is 1.94 bits per heavy atom. The predicted molar refractivity (Wildman–Crippen MR) is 67.3 cm³/mol. The van der Waals surface area contributed by atoms with Gasteiger partial charge in [-0.2, -0.15) is 0 Å². The van der Waals surface area contributed by atoms with Gasteiger partial charge in [0, 0.05) is 11.3 Å². The van der Waals surface area contributed by atoms with Crippen molar-refractivity contribution in [1.82, 2.24) is 0 Å². The van der Waals surface area contributed by atoms with Crippen molar-refractivity contribution in [1.29, 1.82) is 0 Å². The predicted octanol–water partition coefficient (Wildman–Crippen LogP) is 2.03. The second kappa shape index (κ2) is 3.58. The zero-order valence-electron chi connectivity index (χ0n) is 9.42. The van der Waals surface area contributed by atoms with Crippen LogP contribution in [0.25, 0.3) is 11.1 Å². The maximum absolute atomic E-state index is 11.2. The summed E-state index contributed by atoms with van der Waals surface area (Å²) >= 11 is 0. The topological polar surface area (TPSA) is 83.5 Å². The molecule has 0 aromatic heterocycles. The number of anilines is 1. The summed E-state index contributed by atoms with van der Waals surface area (Å²) in [6.45, 7) is 0. The number of hydrogen-bond acceptors (Lipinski definition) is 3. The molecule has 0 spiro atoms. The minimum atomic E-state index is -0.997. The van der Waals surface area contributed by atoms with Gasteiger partial charge in [0.25, 0.3) is 0 Å². The van der Waals surface area contributed by atoms with Crippen molar-refractivity contribution < 1.29 is 15.0 Å². The fourth-order valence-electron chi connectivity index (χ4n) is 2.48. The second-order valence-electron chi connectivity index (χ2n) is 4.32. The lowest BCUT2D eigenvalue weighted by atomic mass is 9.99. The summed E-state index contributed by atoms with van der Waals surface area (Å²) in [5, 5.41) is 19.4. The van der Waals surface area contributed by atoms with E-state index in [1.54, 1.807) is 36.4 Å². The number of nitrogens with two attached hydrogens (primary N) is 1. The normalized spacial score (nSPS) is 16.2. The zero-order valence-corrected chi connectivity index (χ0v) is 9.42. The summed E-state index contributed by atoms with van der Waals surface area (Å²) in [5.41, 5.74) is 9.07. The molecule has 18 heavy (non-hydrogen) atoms. The number of fused-ring (bicyclic) bond motifs is 3. The van der Waals surface area contributed by atoms with E-state index in [0.717, 1.165) is 5.56 Å². The highest BCUT2D eigenvalue weighted by molar-refractivity contribution is 5.99. The first-order chi connectivity index (χ1) is 8.59. The molecule has 0 radical (unpaired) electrons. The van der Waals surface area contributed by atoms with Gasteiger partial charge in [0.15, 0.2) is 0 Å². The lowest BCUT2D eigenvalue weighted by Crippen LogP contribution is -2.00. The maximum Gasteiger partial charge on any atom is 0.336 e. The first kappa shape index (κ1) is 10.8. The number of benzene rings is 2. The van der Waals surface area contributed by atoms with E-state index in [4.69, 9.17) is 5.73 Å². The average Bonchev–Trinajstić information content (AvgIpc) is 2.63. The van der Waals surface area contributed by atoms with Crippen molar-refractivity contribution in [3.63, 3.8) is 0 Å². The Balaban J connectivity index is 2.36. The van der Waals surface area contributed by atoms with Crippen LogP contribution >= 0.6 is 0 Å². The molecule has 1 aliphatic carbocycles. The molecule has 1 unspecified atom stereocenters. The number of carboxylic acid groups (broad SMARTS) is 1. The van der Waals surface area contributed by atoms with Crippen molar-refractivity contribution in [2.45, 2.75) is 6.10 Å². The third-order valence-corrected chi connectivity index (χ3v) is 3.26. The molecule has 4 N–H and O–H groups in total. The van der Waals surface area contributed by atoms with Crippen LogP contribution < -0.4 is 5.73 Å². The Kier molecular flexibility index (Phi) is 2.15. The van der Waals surface area contributed by atoms with E-state index < -0.39 is 12.1 Å². The highest BCUT2D eigenvalue weighted by Crippen LogP contribution is 2.45. The van der Waals surface area contributed by atoms with Crippen LogP contribution in [-0.4, -0.2) is 16.2 Å². The monoisotopic (exact) mass is 241 g/mol. The van der Waals surface area contributed by atoms with Crippen LogP contribution in [0.1, 0.15) is 27.6 Å². The number of nitrogen functional groups attached to an aromatic ring is 1. The highest BCUT2D eigenvalue weighted by Gasteiger charge is 2.30. The van der Waals surface area contributed by atoms with E-state index >= 15 is 0 Å². The van der Waals surface area contributed by atoms with Crippen LogP contribution in [0.5, 0.6) is 0 Å². The molecule has 0 fully saturated rings. The summed E-state index contributed by atoms with van der Waals surface area (Å²) in [6.07, 6.45) is -0.808. The van der Waals surface area contributed by atoms with Crippen LogP contribution in [0.3, 0.4) is 0 Å². The van der Waals surface area contributed by atoms with Crippen LogP contribution in [0.15, 0.2) is 36.4 Å². The molecular weight excluding hydrogens is 230 g/mol. The third kappa shape index (κ3) is 1.33. The van der Waals surface area contributed by atoms with E-state index in [2.05, 4.69) is 0 Å². The van der Waals surface area contributed by atoms with Gasteiger partial charge >= 0.3 is 5.97 Å². The number of aromatic carboxylic acids is 1. The van der Waals surface area contributed by atoms with Crippen molar-refractivity contribution in [2.75, 3.05) is 5.73 Å². The molecule has 2 aromatic rings. The van der Waals surface area contributed by atoms with E-state index in [-0.39, 0.29) is 5.56 Å². The Morgan fingerprint density at radius 3 is 2.67 bits per heavy atom. The van der Waals surface area contributed by atoms with Crippen LogP contribution in [-0.2, 0) is 0 Å². The number of carbonyl (C=O) groups is 1. The Hall–Kier alpha value is -2.33. The highest BCUT2D eigenvalue weighted by atomic mass is 16.4. The van der Waals surface area contributed by atoms with Gasteiger partial charge in [-0.05, 0) is 34.9 Å². The molecular formula is C14H11NO3. The molecule has 4 heteroatoms. The Morgan fingerprint density at radius 1 is 1.17 bits per heavy atom. The molecule has 0 aliphatic heterocycles. The fourth-order valence-corrected chi connectivity index (χ4v) is 2.48. The Bertz CT molecular complexity index is 664. The van der Waals surface area contributed by atoms with Gasteiger partial charge in [0.1, 0.15) is 6.10 Å². The minimum Gasteiger partial charge on any atom is -0.478 e. The molecule has 3 rings (SSSR count). The van der Waals surface area contributed by atoms with Gasteiger partial charge in [0.2, 0.25) is 0 Å². The lowest BCUT2D eigenvalue weighted by molar-refractivity contribution is 0.0697. The van der Waals surface area contributed by atoms with Crippen molar-refractivity contribution in [3.8, 4) is 11.1 Å². The fraction of sp³-hybridized carbons (Fsp3) is 0.0714. The quantitative estimate of drug-likeness (QED) is 0.667.